The molecule has 140 valence electrons. The fourth-order valence-corrected chi connectivity index (χ4v) is 4.33. The van der Waals surface area contributed by atoms with E-state index >= 15 is 0 Å². The second-order valence-electron chi connectivity index (χ2n) is 6.11. The van der Waals surface area contributed by atoms with Gasteiger partial charge in [-0.05, 0) is 25.0 Å². The minimum absolute atomic E-state index is 0.0130. The molecular formula is C17H26FN3O3S. The molecule has 0 atom stereocenters. The number of benzene rings is 1. The zero-order valence-electron chi connectivity index (χ0n) is 14.6. The van der Waals surface area contributed by atoms with E-state index in [4.69, 9.17) is 0 Å². The van der Waals surface area contributed by atoms with Crippen LogP contribution in [0.25, 0.3) is 0 Å². The molecule has 1 aliphatic rings. The van der Waals surface area contributed by atoms with Gasteiger partial charge in [0.2, 0.25) is 15.9 Å². The van der Waals surface area contributed by atoms with Gasteiger partial charge in [-0.2, -0.15) is 4.31 Å². The van der Waals surface area contributed by atoms with E-state index in [9.17, 15) is 17.6 Å². The van der Waals surface area contributed by atoms with Gasteiger partial charge in [0.1, 0.15) is 5.82 Å². The summed E-state index contributed by atoms with van der Waals surface area (Å²) >= 11 is 0. The summed E-state index contributed by atoms with van der Waals surface area (Å²) in [7, 11) is -3.35. The van der Waals surface area contributed by atoms with Crippen LogP contribution in [-0.2, 0) is 14.8 Å². The predicted molar refractivity (Wildman–Crippen MR) is 96.5 cm³/mol. The fraction of sp³-hybridized carbons (Fsp3) is 0.588. The standard InChI is InChI=1S/C17H26FN3O3S/c1-2-6-17(22)19-9-5-14-25(23,24)21-12-10-20(11-13-21)16-8-4-3-7-15(16)18/h3-4,7-8H,2,5-6,9-14H2,1H3,(H,19,22). The molecule has 1 aliphatic heterocycles. The normalized spacial score (nSPS) is 16.0. The monoisotopic (exact) mass is 371 g/mol. The van der Waals surface area contributed by atoms with Crippen LogP contribution >= 0.6 is 0 Å². The van der Waals surface area contributed by atoms with E-state index in [2.05, 4.69) is 5.32 Å². The average molecular weight is 371 g/mol. The smallest absolute Gasteiger partial charge is 0.219 e. The van der Waals surface area contributed by atoms with Crippen LogP contribution in [0.4, 0.5) is 10.1 Å². The van der Waals surface area contributed by atoms with Crippen LogP contribution in [-0.4, -0.2) is 57.1 Å². The molecule has 1 saturated heterocycles. The summed E-state index contributed by atoms with van der Waals surface area (Å²) in [4.78, 5) is 13.2. The van der Waals surface area contributed by atoms with Gasteiger partial charge in [-0.1, -0.05) is 19.1 Å². The molecule has 1 fully saturated rings. The molecule has 0 aliphatic carbocycles. The van der Waals surface area contributed by atoms with Gasteiger partial charge < -0.3 is 10.2 Å². The Hall–Kier alpha value is -1.67. The minimum atomic E-state index is -3.35. The Balaban J connectivity index is 1.79. The Morgan fingerprint density at radius 2 is 1.88 bits per heavy atom. The van der Waals surface area contributed by atoms with Crippen molar-refractivity contribution >= 4 is 21.6 Å². The molecule has 0 bridgehead atoms. The van der Waals surface area contributed by atoms with Crippen LogP contribution in [0.3, 0.4) is 0 Å². The summed E-state index contributed by atoms with van der Waals surface area (Å²) in [6.07, 6.45) is 1.63. The number of anilines is 1. The van der Waals surface area contributed by atoms with Crippen molar-refractivity contribution in [2.45, 2.75) is 26.2 Å². The molecule has 0 aromatic heterocycles. The van der Waals surface area contributed by atoms with Crippen LogP contribution in [0.1, 0.15) is 26.2 Å². The Kier molecular flexibility index (Phi) is 7.19. The first-order chi connectivity index (χ1) is 11.9. The topological polar surface area (TPSA) is 69.7 Å². The third-order valence-corrected chi connectivity index (χ3v) is 6.16. The number of sulfonamides is 1. The van der Waals surface area contributed by atoms with E-state index in [-0.39, 0.29) is 17.5 Å². The van der Waals surface area contributed by atoms with E-state index in [1.54, 1.807) is 18.2 Å². The number of nitrogens with zero attached hydrogens (tertiary/aromatic N) is 2. The lowest BCUT2D eigenvalue weighted by atomic mass is 10.2. The lowest BCUT2D eigenvalue weighted by Gasteiger charge is -2.35. The number of rotatable bonds is 8. The second-order valence-corrected chi connectivity index (χ2v) is 8.20. The highest BCUT2D eigenvalue weighted by atomic mass is 32.2. The Labute approximate surface area is 149 Å². The van der Waals surface area contributed by atoms with E-state index in [0.29, 0.717) is 51.3 Å². The number of amides is 1. The molecule has 1 aromatic rings. The second kappa shape index (κ2) is 9.15. The summed E-state index contributed by atoms with van der Waals surface area (Å²) in [5, 5.41) is 2.72. The molecule has 2 rings (SSSR count). The van der Waals surface area contributed by atoms with Crippen LogP contribution in [0.2, 0.25) is 0 Å². The van der Waals surface area contributed by atoms with Crippen molar-refractivity contribution < 1.29 is 17.6 Å². The van der Waals surface area contributed by atoms with Crippen LogP contribution in [0.5, 0.6) is 0 Å². The van der Waals surface area contributed by atoms with Crippen molar-refractivity contribution in [1.29, 1.82) is 0 Å². The van der Waals surface area contributed by atoms with Crippen molar-refractivity contribution in [3.8, 4) is 0 Å². The van der Waals surface area contributed by atoms with Crippen molar-refractivity contribution in [2.75, 3.05) is 43.4 Å². The number of hydrogen-bond donors (Lipinski definition) is 1. The van der Waals surface area contributed by atoms with Gasteiger partial charge in [0.25, 0.3) is 0 Å². The maximum atomic E-state index is 13.8. The molecule has 1 heterocycles. The molecule has 0 radical (unpaired) electrons. The number of nitrogens with one attached hydrogen (secondary N) is 1. The zero-order chi connectivity index (χ0) is 18.3. The molecule has 8 heteroatoms. The van der Waals surface area contributed by atoms with Crippen LogP contribution in [0, 0.1) is 5.82 Å². The van der Waals surface area contributed by atoms with E-state index in [1.165, 1.54) is 10.4 Å². The Morgan fingerprint density at radius 1 is 1.20 bits per heavy atom. The third-order valence-electron chi connectivity index (χ3n) is 4.20. The predicted octanol–water partition coefficient (Wildman–Crippen LogP) is 1.58. The van der Waals surface area contributed by atoms with Gasteiger partial charge >= 0.3 is 0 Å². The first kappa shape index (κ1) is 19.7. The molecular weight excluding hydrogens is 345 g/mol. The van der Waals surface area contributed by atoms with E-state index in [1.807, 2.05) is 11.8 Å². The highest BCUT2D eigenvalue weighted by molar-refractivity contribution is 7.89. The van der Waals surface area contributed by atoms with E-state index in [0.717, 1.165) is 6.42 Å². The number of carbonyl (C=O) groups is 1. The summed E-state index contributed by atoms with van der Waals surface area (Å²) in [5.74, 6) is -0.320. The molecule has 1 aromatic carbocycles. The van der Waals surface area contributed by atoms with Crippen molar-refractivity contribution in [3.63, 3.8) is 0 Å². The first-order valence-electron chi connectivity index (χ1n) is 8.68. The Morgan fingerprint density at radius 3 is 2.52 bits per heavy atom. The van der Waals surface area contributed by atoms with E-state index < -0.39 is 10.0 Å². The minimum Gasteiger partial charge on any atom is -0.367 e. The molecule has 0 spiro atoms. The Bertz CT molecular complexity index is 673. The summed E-state index contributed by atoms with van der Waals surface area (Å²) in [5.41, 5.74) is 0.512. The van der Waals surface area contributed by atoms with Crippen molar-refractivity contribution in [2.24, 2.45) is 0 Å². The van der Waals surface area contributed by atoms with Crippen molar-refractivity contribution in [1.82, 2.24) is 9.62 Å². The van der Waals surface area contributed by atoms with Crippen LogP contribution in [0.15, 0.2) is 24.3 Å². The molecule has 6 nitrogen and oxygen atoms in total. The molecule has 1 N–H and O–H groups in total. The van der Waals surface area contributed by atoms with Crippen LogP contribution < -0.4 is 10.2 Å². The van der Waals surface area contributed by atoms with Crippen molar-refractivity contribution in [3.05, 3.63) is 30.1 Å². The average Bonchev–Trinajstić information content (AvgIpc) is 2.60. The largest absolute Gasteiger partial charge is 0.367 e. The number of para-hydroxylation sites is 1. The quantitative estimate of drug-likeness (QED) is 0.705. The van der Waals surface area contributed by atoms with Gasteiger partial charge in [0.15, 0.2) is 0 Å². The molecule has 0 saturated carbocycles. The number of hydrogen-bond acceptors (Lipinski definition) is 4. The fourth-order valence-electron chi connectivity index (χ4n) is 2.84. The number of halogens is 1. The lowest BCUT2D eigenvalue weighted by molar-refractivity contribution is -0.121. The molecule has 1 amide bonds. The molecule has 25 heavy (non-hydrogen) atoms. The highest BCUT2D eigenvalue weighted by Gasteiger charge is 2.27. The first-order valence-corrected chi connectivity index (χ1v) is 10.3. The molecule has 0 unspecified atom stereocenters. The van der Waals surface area contributed by atoms with Gasteiger partial charge in [-0.15, -0.1) is 0 Å². The van der Waals surface area contributed by atoms with Gasteiger partial charge in [-0.25, -0.2) is 12.8 Å². The highest BCUT2D eigenvalue weighted by Crippen LogP contribution is 2.21. The maximum Gasteiger partial charge on any atom is 0.219 e. The summed E-state index contributed by atoms with van der Waals surface area (Å²) in [6, 6.07) is 6.52. The van der Waals surface area contributed by atoms with Gasteiger partial charge in [-0.3, -0.25) is 4.79 Å². The van der Waals surface area contributed by atoms with Gasteiger partial charge in [0.05, 0.1) is 11.4 Å². The number of carbonyl (C=O) groups excluding carboxylic acids is 1. The SMILES string of the molecule is CCCC(=O)NCCCS(=O)(=O)N1CCN(c2ccccc2F)CC1. The van der Waals surface area contributed by atoms with Gasteiger partial charge in [0, 0.05) is 39.1 Å². The number of piperazine rings is 1. The lowest BCUT2D eigenvalue weighted by Crippen LogP contribution is -2.49. The third kappa shape index (κ3) is 5.67. The summed E-state index contributed by atoms with van der Waals surface area (Å²) in [6.45, 7) is 3.91. The summed E-state index contributed by atoms with van der Waals surface area (Å²) < 4.78 is 40.1. The maximum absolute atomic E-state index is 13.8. The zero-order valence-corrected chi connectivity index (χ0v) is 15.4.